The molecule has 1 N–H and O–H groups in total. The molecule has 0 aliphatic rings. The second-order valence-electron chi connectivity index (χ2n) is 7.00. The molecule has 3 heterocycles. The zero-order chi connectivity index (χ0) is 19.6. The number of thiophene rings is 1. The second kappa shape index (κ2) is 7.60. The number of benzene rings is 2. The summed E-state index contributed by atoms with van der Waals surface area (Å²) in [6.07, 6.45) is 2.07. The summed E-state index contributed by atoms with van der Waals surface area (Å²) in [6.45, 7) is 3.01. The van der Waals surface area contributed by atoms with Crippen molar-refractivity contribution in [2.45, 2.75) is 26.3 Å². The number of aromatic nitrogens is 6. The number of hydrogen-bond donors (Lipinski definition) is 1. The van der Waals surface area contributed by atoms with E-state index >= 15 is 0 Å². The fourth-order valence-corrected chi connectivity index (χ4v) is 4.51. The van der Waals surface area contributed by atoms with E-state index in [4.69, 9.17) is 4.98 Å². The van der Waals surface area contributed by atoms with Gasteiger partial charge in [0, 0.05) is 29.5 Å². The largest absolute Gasteiger partial charge is 0.323 e. The Labute approximate surface area is 172 Å². The predicted molar refractivity (Wildman–Crippen MR) is 116 cm³/mol. The molecule has 5 aromatic rings. The van der Waals surface area contributed by atoms with E-state index in [1.807, 2.05) is 6.07 Å². The Kier molecular flexibility index (Phi) is 4.65. The SMILES string of the molecule is CCCc1nc2ccccc2n1Cc1ccc(-c2cscc2-c2nnn[nH]2)cc1. The minimum absolute atomic E-state index is 0.694. The van der Waals surface area contributed by atoms with E-state index < -0.39 is 0 Å². The van der Waals surface area contributed by atoms with Crippen LogP contribution in [0.15, 0.2) is 59.3 Å². The van der Waals surface area contributed by atoms with Crippen LogP contribution in [0.3, 0.4) is 0 Å². The predicted octanol–water partition coefficient (Wildman–Crippen LogP) is 4.95. The van der Waals surface area contributed by atoms with Gasteiger partial charge in [0.25, 0.3) is 0 Å². The lowest BCUT2D eigenvalue weighted by Gasteiger charge is -2.10. The van der Waals surface area contributed by atoms with Crippen molar-refractivity contribution in [1.82, 2.24) is 30.2 Å². The average molecular weight is 401 g/mol. The number of tetrazole rings is 1. The molecular weight excluding hydrogens is 380 g/mol. The summed E-state index contributed by atoms with van der Waals surface area (Å²) < 4.78 is 2.34. The van der Waals surface area contributed by atoms with Gasteiger partial charge in [-0.3, -0.25) is 0 Å². The molecule has 144 valence electrons. The first-order valence-electron chi connectivity index (χ1n) is 9.67. The summed E-state index contributed by atoms with van der Waals surface area (Å²) in [6, 6.07) is 17.1. The van der Waals surface area contributed by atoms with E-state index in [2.05, 4.69) is 85.3 Å². The first-order valence-corrected chi connectivity index (χ1v) is 10.6. The van der Waals surface area contributed by atoms with Gasteiger partial charge in [-0.15, -0.1) is 5.10 Å². The van der Waals surface area contributed by atoms with E-state index in [1.165, 1.54) is 11.1 Å². The monoisotopic (exact) mass is 400 g/mol. The summed E-state index contributed by atoms with van der Waals surface area (Å²) >= 11 is 1.65. The quantitative estimate of drug-likeness (QED) is 0.438. The molecule has 0 fully saturated rings. The first kappa shape index (κ1) is 17.8. The molecule has 5 rings (SSSR count). The number of rotatable bonds is 6. The Morgan fingerprint density at radius 2 is 1.83 bits per heavy atom. The van der Waals surface area contributed by atoms with Crippen molar-refractivity contribution in [1.29, 1.82) is 0 Å². The number of imidazole rings is 1. The van der Waals surface area contributed by atoms with Crippen LogP contribution in [0.2, 0.25) is 0 Å². The molecule has 2 aromatic carbocycles. The maximum absolute atomic E-state index is 4.84. The van der Waals surface area contributed by atoms with Gasteiger partial charge >= 0.3 is 0 Å². The fourth-order valence-electron chi connectivity index (χ4n) is 3.67. The highest BCUT2D eigenvalue weighted by atomic mass is 32.1. The molecule has 6 nitrogen and oxygen atoms in total. The van der Waals surface area contributed by atoms with E-state index in [9.17, 15) is 0 Å². The van der Waals surface area contributed by atoms with Crippen LogP contribution >= 0.6 is 11.3 Å². The minimum Gasteiger partial charge on any atom is -0.323 e. The van der Waals surface area contributed by atoms with Crippen LogP contribution in [0.4, 0.5) is 0 Å². The fraction of sp³-hybridized carbons (Fsp3) is 0.182. The van der Waals surface area contributed by atoms with Gasteiger partial charge in [0.2, 0.25) is 0 Å². The normalized spacial score (nSPS) is 11.3. The molecular formula is C22H20N6S. The lowest BCUT2D eigenvalue weighted by Crippen LogP contribution is -2.05. The standard InChI is InChI=1S/C22H20N6S/c1-2-5-21-23-19-6-3-4-7-20(19)28(21)12-15-8-10-16(11-9-15)17-13-29-14-18(17)22-24-26-27-25-22/h3-4,6-11,13-14H,2,5,12H2,1H3,(H,24,25,26,27). The zero-order valence-corrected chi connectivity index (χ0v) is 16.9. The van der Waals surface area contributed by atoms with Crippen LogP contribution in [-0.4, -0.2) is 30.2 Å². The van der Waals surface area contributed by atoms with Crippen LogP contribution < -0.4 is 0 Å². The Morgan fingerprint density at radius 3 is 2.62 bits per heavy atom. The smallest absolute Gasteiger partial charge is 0.180 e. The highest BCUT2D eigenvalue weighted by Gasteiger charge is 2.13. The van der Waals surface area contributed by atoms with Crippen molar-refractivity contribution < 1.29 is 0 Å². The summed E-state index contributed by atoms with van der Waals surface area (Å²) in [5.41, 5.74) is 6.84. The molecule has 0 unspecified atom stereocenters. The van der Waals surface area contributed by atoms with Crippen LogP contribution in [-0.2, 0) is 13.0 Å². The maximum atomic E-state index is 4.84. The summed E-state index contributed by atoms with van der Waals surface area (Å²) in [4.78, 5) is 4.84. The van der Waals surface area contributed by atoms with E-state index in [0.717, 1.165) is 47.4 Å². The van der Waals surface area contributed by atoms with Crippen LogP contribution in [0, 0.1) is 0 Å². The number of nitrogens with zero attached hydrogens (tertiary/aromatic N) is 5. The van der Waals surface area contributed by atoms with Crippen molar-refractivity contribution in [2.24, 2.45) is 0 Å². The van der Waals surface area contributed by atoms with Gasteiger partial charge in [0.1, 0.15) is 5.82 Å². The zero-order valence-electron chi connectivity index (χ0n) is 16.0. The molecule has 0 aliphatic carbocycles. The summed E-state index contributed by atoms with van der Waals surface area (Å²) in [7, 11) is 0. The number of fused-ring (bicyclic) bond motifs is 1. The van der Waals surface area contributed by atoms with E-state index in [1.54, 1.807) is 11.3 Å². The van der Waals surface area contributed by atoms with Gasteiger partial charge in [-0.2, -0.15) is 11.3 Å². The minimum atomic E-state index is 0.694. The molecule has 3 aromatic heterocycles. The molecule has 0 spiro atoms. The second-order valence-corrected chi connectivity index (χ2v) is 7.74. The summed E-state index contributed by atoms with van der Waals surface area (Å²) in [5, 5.41) is 18.5. The molecule has 7 heteroatoms. The van der Waals surface area contributed by atoms with Crippen molar-refractivity contribution in [3.05, 3.63) is 70.7 Å². The van der Waals surface area contributed by atoms with E-state index in [-0.39, 0.29) is 0 Å². The van der Waals surface area contributed by atoms with Gasteiger partial charge in [-0.1, -0.05) is 43.3 Å². The van der Waals surface area contributed by atoms with Gasteiger partial charge in [0.15, 0.2) is 5.82 Å². The Balaban J connectivity index is 1.46. The number of nitrogens with one attached hydrogen (secondary N) is 1. The molecule has 0 saturated heterocycles. The Bertz CT molecular complexity index is 1230. The average Bonchev–Trinajstić information content (AvgIpc) is 3.49. The van der Waals surface area contributed by atoms with Gasteiger partial charge in [-0.05, 0) is 45.5 Å². The topological polar surface area (TPSA) is 72.3 Å². The van der Waals surface area contributed by atoms with Gasteiger partial charge in [0.05, 0.1) is 11.0 Å². The molecule has 0 bridgehead atoms. The van der Waals surface area contributed by atoms with Crippen molar-refractivity contribution in [3.63, 3.8) is 0 Å². The van der Waals surface area contributed by atoms with Crippen molar-refractivity contribution >= 4 is 22.4 Å². The van der Waals surface area contributed by atoms with Gasteiger partial charge in [-0.25, -0.2) is 10.1 Å². The van der Waals surface area contributed by atoms with E-state index in [0.29, 0.717) is 5.82 Å². The Hall–Kier alpha value is -3.32. The molecule has 0 saturated carbocycles. The highest BCUT2D eigenvalue weighted by Crippen LogP contribution is 2.33. The number of para-hydroxylation sites is 2. The summed E-state index contributed by atoms with van der Waals surface area (Å²) in [5.74, 6) is 1.84. The van der Waals surface area contributed by atoms with Crippen LogP contribution in [0.1, 0.15) is 24.7 Å². The first-order chi connectivity index (χ1) is 14.3. The highest BCUT2D eigenvalue weighted by molar-refractivity contribution is 7.08. The lowest BCUT2D eigenvalue weighted by atomic mass is 10.0. The molecule has 0 amide bonds. The number of hydrogen-bond acceptors (Lipinski definition) is 5. The van der Waals surface area contributed by atoms with Crippen LogP contribution in [0.5, 0.6) is 0 Å². The maximum Gasteiger partial charge on any atom is 0.180 e. The number of H-pyrrole nitrogens is 1. The van der Waals surface area contributed by atoms with Crippen molar-refractivity contribution in [2.75, 3.05) is 0 Å². The third kappa shape index (κ3) is 3.34. The number of aromatic amines is 1. The third-order valence-electron chi connectivity index (χ3n) is 5.08. The Morgan fingerprint density at radius 1 is 1.00 bits per heavy atom. The number of aryl methyl sites for hydroxylation is 1. The van der Waals surface area contributed by atoms with Crippen LogP contribution in [0.25, 0.3) is 33.5 Å². The molecule has 0 aliphatic heterocycles. The van der Waals surface area contributed by atoms with Crippen molar-refractivity contribution in [3.8, 4) is 22.5 Å². The molecule has 0 atom stereocenters. The third-order valence-corrected chi connectivity index (χ3v) is 5.82. The molecule has 0 radical (unpaired) electrons. The van der Waals surface area contributed by atoms with Gasteiger partial charge < -0.3 is 4.57 Å². The molecule has 29 heavy (non-hydrogen) atoms. The lowest BCUT2D eigenvalue weighted by molar-refractivity contribution is 0.722.